The summed E-state index contributed by atoms with van der Waals surface area (Å²) in [6, 6.07) is 4.05. The maximum atomic E-state index is 5.77. The lowest BCUT2D eigenvalue weighted by molar-refractivity contribution is 0.430. The molecule has 14 heavy (non-hydrogen) atoms. The van der Waals surface area contributed by atoms with Crippen molar-refractivity contribution in [2.75, 3.05) is 0 Å². The average Bonchev–Trinajstić information content (AvgIpc) is 2.45. The van der Waals surface area contributed by atoms with E-state index in [-0.39, 0.29) is 5.41 Å². The quantitative estimate of drug-likeness (QED) is 0.634. The molecule has 74 valence electrons. The second-order valence-electron chi connectivity index (χ2n) is 4.72. The first kappa shape index (κ1) is 9.25. The molecule has 0 unspecified atom stereocenters. The van der Waals surface area contributed by atoms with Crippen LogP contribution in [0.15, 0.2) is 22.7 Å². The van der Waals surface area contributed by atoms with Crippen molar-refractivity contribution in [3.63, 3.8) is 0 Å². The van der Waals surface area contributed by atoms with Crippen molar-refractivity contribution in [1.82, 2.24) is 4.98 Å². The number of hydrogen-bond acceptors (Lipinski definition) is 2. The van der Waals surface area contributed by atoms with E-state index >= 15 is 0 Å². The highest BCUT2D eigenvalue weighted by Gasteiger charge is 2.18. The van der Waals surface area contributed by atoms with Gasteiger partial charge in [0.25, 0.3) is 0 Å². The molecule has 2 heteroatoms. The van der Waals surface area contributed by atoms with Crippen LogP contribution >= 0.6 is 0 Å². The molecule has 0 atom stereocenters. The Kier molecular flexibility index (Phi) is 1.88. The van der Waals surface area contributed by atoms with Gasteiger partial charge in [0, 0.05) is 28.8 Å². The van der Waals surface area contributed by atoms with Crippen molar-refractivity contribution in [3.8, 4) is 0 Å². The summed E-state index contributed by atoms with van der Waals surface area (Å²) in [6.45, 7) is 8.40. The standard InChI is InChI=1S/C12H15NO/c1-8-5-10-9(7-13-8)6-11(14-10)12(2,3)4/h5-7H,1-4H3. The Morgan fingerprint density at radius 2 is 1.93 bits per heavy atom. The second kappa shape index (κ2) is 2.84. The topological polar surface area (TPSA) is 26.0 Å². The van der Waals surface area contributed by atoms with E-state index < -0.39 is 0 Å². The molecule has 0 aliphatic heterocycles. The Labute approximate surface area is 84.0 Å². The summed E-state index contributed by atoms with van der Waals surface area (Å²) < 4.78 is 5.77. The van der Waals surface area contributed by atoms with E-state index in [9.17, 15) is 0 Å². The third-order valence-electron chi connectivity index (χ3n) is 2.28. The molecule has 2 aromatic heterocycles. The number of hydrogen-bond donors (Lipinski definition) is 0. The van der Waals surface area contributed by atoms with Gasteiger partial charge in [-0.3, -0.25) is 4.98 Å². The fourth-order valence-electron chi connectivity index (χ4n) is 1.40. The Bertz CT molecular complexity index is 463. The number of aryl methyl sites for hydroxylation is 1. The Balaban J connectivity index is 2.63. The van der Waals surface area contributed by atoms with Gasteiger partial charge in [0.2, 0.25) is 0 Å². The molecular weight excluding hydrogens is 174 g/mol. The highest BCUT2D eigenvalue weighted by atomic mass is 16.3. The molecule has 0 amide bonds. The van der Waals surface area contributed by atoms with Crippen LogP contribution in [-0.2, 0) is 5.41 Å². The molecule has 2 aromatic rings. The van der Waals surface area contributed by atoms with Crippen LogP contribution in [-0.4, -0.2) is 4.98 Å². The predicted molar refractivity (Wildman–Crippen MR) is 57.4 cm³/mol. The van der Waals surface area contributed by atoms with E-state index in [1.807, 2.05) is 19.2 Å². The van der Waals surface area contributed by atoms with Gasteiger partial charge < -0.3 is 4.42 Å². The molecule has 0 N–H and O–H groups in total. The minimum Gasteiger partial charge on any atom is -0.460 e. The number of rotatable bonds is 0. The fourth-order valence-corrected chi connectivity index (χ4v) is 1.40. The summed E-state index contributed by atoms with van der Waals surface area (Å²) in [5, 5.41) is 1.08. The van der Waals surface area contributed by atoms with E-state index in [1.165, 1.54) is 0 Å². The zero-order chi connectivity index (χ0) is 10.3. The molecule has 2 heterocycles. The van der Waals surface area contributed by atoms with Crippen molar-refractivity contribution in [1.29, 1.82) is 0 Å². The van der Waals surface area contributed by atoms with Gasteiger partial charge in [-0.15, -0.1) is 0 Å². The number of fused-ring (bicyclic) bond motifs is 1. The molecule has 2 rings (SSSR count). The van der Waals surface area contributed by atoms with E-state index in [0.29, 0.717) is 0 Å². The molecule has 0 saturated heterocycles. The van der Waals surface area contributed by atoms with Crippen molar-refractivity contribution in [3.05, 3.63) is 29.8 Å². The minimum absolute atomic E-state index is 0.0624. The van der Waals surface area contributed by atoms with Gasteiger partial charge in [0.15, 0.2) is 0 Å². The first-order valence-electron chi connectivity index (χ1n) is 4.83. The van der Waals surface area contributed by atoms with Crippen LogP contribution in [0.4, 0.5) is 0 Å². The third-order valence-corrected chi connectivity index (χ3v) is 2.28. The van der Waals surface area contributed by atoms with Crippen LogP contribution in [0.3, 0.4) is 0 Å². The van der Waals surface area contributed by atoms with Crippen LogP contribution in [0.25, 0.3) is 11.0 Å². The molecule has 2 nitrogen and oxygen atoms in total. The minimum atomic E-state index is 0.0624. The van der Waals surface area contributed by atoms with Crippen molar-refractivity contribution in [2.45, 2.75) is 33.1 Å². The zero-order valence-electron chi connectivity index (χ0n) is 9.09. The number of aromatic nitrogens is 1. The van der Waals surface area contributed by atoms with Gasteiger partial charge in [0.1, 0.15) is 11.3 Å². The third kappa shape index (κ3) is 1.52. The molecule has 0 fully saturated rings. The van der Waals surface area contributed by atoms with Gasteiger partial charge in [-0.1, -0.05) is 20.8 Å². The van der Waals surface area contributed by atoms with Crippen molar-refractivity contribution in [2.24, 2.45) is 0 Å². The molecular formula is C12H15NO. The average molecular weight is 189 g/mol. The van der Waals surface area contributed by atoms with Gasteiger partial charge in [-0.2, -0.15) is 0 Å². The summed E-state index contributed by atoms with van der Waals surface area (Å²) >= 11 is 0. The lowest BCUT2D eigenvalue weighted by Crippen LogP contribution is -2.08. The van der Waals surface area contributed by atoms with Crippen molar-refractivity contribution < 1.29 is 4.42 Å². The Hall–Kier alpha value is -1.31. The van der Waals surface area contributed by atoms with E-state index in [2.05, 4.69) is 31.8 Å². The second-order valence-corrected chi connectivity index (χ2v) is 4.72. The molecule has 0 aliphatic carbocycles. The first-order valence-corrected chi connectivity index (χ1v) is 4.83. The lowest BCUT2D eigenvalue weighted by atomic mass is 9.93. The van der Waals surface area contributed by atoms with Crippen LogP contribution in [0.1, 0.15) is 32.2 Å². The van der Waals surface area contributed by atoms with Gasteiger partial charge >= 0.3 is 0 Å². The maximum absolute atomic E-state index is 5.77. The van der Waals surface area contributed by atoms with E-state index in [1.54, 1.807) is 0 Å². The summed E-state index contributed by atoms with van der Waals surface area (Å²) in [6.07, 6.45) is 1.86. The summed E-state index contributed by atoms with van der Waals surface area (Å²) in [4.78, 5) is 4.24. The first-order chi connectivity index (χ1) is 6.47. The SMILES string of the molecule is Cc1cc2oc(C(C)(C)C)cc2cn1. The molecule has 0 bridgehead atoms. The van der Waals surface area contributed by atoms with Gasteiger partial charge in [-0.25, -0.2) is 0 Å². The summed E-state index contributed by atoms with van der Waals surface area (Å²) in [5.74, 6) is 1.01. The van der Waals surface area contributed by atoms with Gasteiger partial charge in [-0.05, 0) is 13.0 Å². The van der Waals surface area contributed by atoms with Crippen LogP contribution in [0.2, 0.25) is 0 Å². The maximum Gasteiger partial charge on any atom is 0.137 e. The molecule has 0 aliphatic rings. The number of furan rings is 1. The Morgan fingerprint density at radius 1 is 1.21 bits per heavy atom. The van der Waals surface area contributed by atoms with Crippen molar-refractivity contribution >= 4 is 11.0 Å². The van der Waals surface area contributed by atoms with Crippen LogP contribution in [0, 0.1) is 6.92 Å². The highest BCUT2D eigenvalue weighted by Crippen LogP contribution is 2.28. The largest absolute Gasteiger partial charge is 0.460 e. The van der Waals surface area contributed by atoms with Gasteiger partial charge in [0.05, 0.1) is 0 Å². The van der Waals surface area contributed by atoms with Crippen LogP contribution < -0.4 is 0 Å². The molecule has 0 saturated carbocycles. The monoisotopic (exact) mass is 189 g/mol. The van der Waals surface area contributed by atoms with E-state index in [0.717, 1.165) is 22.4 Å². The number of pyridine rings is 1. The smallest absolute Gasteiger partial charge is 0.137 e. The normalized spacial score (nSPS) is 12.3. The summed E-state index contributed by atoms with van der Waals surface area (Å²) in [7, 11) is 0. The lowest BCUT2D eigenvalue weighted by Gasteiger charge is -2.13. The molecule has 0 aromatic carbocycles. The van der Waals surface area contributed by atoms with Crippen LogP contribution in [0.5, 0.6) is 0 Å². The fraction of sp³-hybridized carbons (Fsp3) is 0.417. The Morgan fingerprint density at radius 3 is 2.57 bits per heavy atom. The highest BCUT2D eigenvalue weighted by molar-refractivity contribution is 5.77. The van der Waals surface area contributed by atoms with E-state index in [4.69, 9.17) is 4.42 Å². The zero-order valence-corrected chi connectivity index (χ0v) is 9.09. The molecule has 0 spiro atoms. The summed E-state index contributed by atoms with van der Waals surface area (Å²) in [5.41, 5.74) is 1.99. The predicted octanol–water partition coefficient (Wildman–Crippen LogP) is 3.43. The molecule has 0 radical (unpaired) electrons. The number of nitrogens with zero attached hydrogens (tertiary/aromatic N) is 1.